The largest absolute Gasteiger partial charge is 0.736 e. The summed E-state index contributed by atoms with van der Waals surface area (Å²) < 4.78 is 22.7. The molecule has 0 aliphatic carbocycles. The Hall–Kier alpha value is -1.77. The molecule has 2 aromatic carbocycles. The van der Waals surface area contributed by atoms with Crippen molar-refractivity contribution in [2.75, 3.05) is 0 Å². The van der Waals surface area contributed by atoms with E-state index in [1.54, 1.807) is 0 Å². The van der Waals surface area contributed by atoms with Crippen LogP contribution in [0.25, 0.3) is 0 Å². The van der Waals surface area contributed by atoms with Gasteiger partial charge in [-0.25, -0.2) is 4.57 Å². The van der Waals surface area contributed by atoms with Gasteiger partial charge in [-0.05, 0) is 49.9 Å². The molecule has 1 aliphatic heterocycles. The van der Waals surface area contributed by atoms with Crippen LogP contribution in [0.1, 0.15) is 33.4 Å². The van der Waals surface area contributed by atoms with Crippen molar-refractivity contribution < 1.29 is 18.5 Å². The molecule has 0 saturated carbocycles. The number of phosphoric acid groups is 1. The molecule has 0 amide bonds. The first kappa shape index (κ1) is 15.1. The number of fused-ring (bicyclic) bond motifs is 2. The van der Waals surface area contributed by atoms with Crippen LogP contribution >= 0.6 is 7.82 Å². The van der Waals surface area contributed by atoms with Gasteiger partial charge in [-0.15, -0.1) is 0 Å². The molecule has 0 spiro atoms. The van der Waals surface area contributed by atoms with Crippen molar-refractivity contribution in [3.05, 3.63) is 57.6 Å². The predicted octanol–water partition coefficient (Wildman–Crippen LogP) is 3.75. The number of rotatable bonds is 0. The molecule has 1 heterocycles. The lowest BCUT2D eigenvalue weighted by Crippen LogP contribution is -2.18. The van der Waals surface area contributed by atoms with Gasteiger partial charge < -0.3 is 13.9 Å². The monoisotopic (exact) mass is 317 g/mol. The molecular weight excluding hydrogens is 299 g/mol. The summed E-state index contributed by atoms with van der Waals surface area (Å²) in [6, 6.07) is 7.75. The summed E-state index contributed by atoms with van der Waals surface area (Å²) in [5.41, 5.74) is 5.47. The molecule has 2 aromatic rings. The van der Waals surface area contributed by atoms with Gasteiger partial charge in [0.15, 0.2) is 0 Å². The van der Waals surface area contributed by atoms with Gasteiger partial charge in [-0.1, -0.05) is 35.4 Å². The Bertz CT molecular complexity index is 747. The fraction of sp³-hybridized carbons (Fsp3) is 0.294. The van der Waals surface area contributed by atoms with Crippen LogP contribution in [0, 0.1) is 27.7 Å². The zero-order valence-electron chi connectivity index (χ0n) is 13.1. The molecule has 3 rings (SSSR count). The van der Waals surface area contributed by atoms with Crippen LogP contribution < -0.4 is 13.9 Å². The fourth-order valence-corrected chi connectivity index (χ4v) is 4.06. The molecule has 116 valence electrons. The van der Waals surface area contributed by atoms with Crippen LogP contribution in [-0.2, 0) is 11.0 Å². The fourth-order valence-electron chi connectivity index (χ4n) is 3.06. The molecule has 0 radical (unpaired) electrons. The van der Waals surface area contributed by atoms with Gasteiger partial charge in [0.1, 0.15) is 11.5 Å². The highest BCUT2D eigenvalue weighted by Crippen LogP contribution is 2.48. The van der Waals surface area contributed by atoms with E-state index >= 15 is 0 Å². The SMILES string of the molecule is Cc1cc(C)c2c(c1)Cc1cc(C)cc(C)c1OP(=O)([O-])O2. The van der Waals surface area contributed by atoms with Gasteiger partial charge in [0, 0.05) is 6.42 Å². The third-order valence-electron chi connectivity index (χ3n) is 3.78. The quantitative estimate of drug-likeness (QED) is 0.694. The molecule has 0 fully saturated rings. The Labute approximate surface area is 130 Å². The van der Waals surface area contributed by atoms with Crippen molar-refractivity contribution in [3.63, 3.8) is 0 Å². The highest BCUT2D eigenvalue weighted by atomic mass is 31.2. The minimum Gasteiger partial charge on any atom is -0.736 e. The van der Waals surface area contributed by atoms with Crippen LogP contribution in [0.2, 0.25) is 0 Å². The first-order valence-corrected chi connectivity index (χ1v) is 8.62. The van der Waals surface area contributed by atoms with Crippen LogP contribution in [0.15, 0.2) is 24.3 Å². The highest BCUT2D eigenvalue weighted by molar-refractivity contribution is 7.46. The van der Waals surface area contributed by atoms with Crippen molar-refractivity contribution in [2.24, 2.45) is 0 Å². The summed E-state index contributed by atoms with van der Waals surface area (Å²) in [7, 11) is -4.46. The molecule has 22 heavy (non-hydrogen) atoms. The normalized spacial score (nSPS) is 15.7. The summed E-state index contributed by atoms with van der Waals surface area (Å²) in [5.74, 6) is 0.766. The van der Waals surface area contributed by atoms with E-state index in [0.29, 0.717) is 17.9 Å². The van der Waals surface area contributed by atoms with E-state index in [2.05, 4.69) is 0 Å². The molecule has 0 N–H and O–H groups in total. The molecule has 4 nitrogen and oxygen atoms in total. The summed E-state index contributed by atoms with van der Waals surface area (Å²) >= 11 is 0. The molecule has 0 atom stereocenters. The van der Waals surface area contributed by atoms with E-state index in [9.17, 15) is 9.46 Å². The summed E-state index contributed by atoms with van der Waals surface area (Å²) in [5, 5.41) is 0. The molecular formula is C17H18O4P-. The minimum absolute atomic E-state index is 0.383. The Morgan fingerprint density at radius 1 is 0.864 bits per heavy atom. The summed E-state index contributed by atoms with van der Waals surface area (Å²) in [6.07, 6.45) is 0.579. The van der Waals surface area contributed by atoms with Gasteiger partial charge in [0.25, 0.3) is 0 Å². The van der Waals surface area contributed by atoms with Crippen molar-refractivity contribution in [1.82, 2.24) is 0 Å². The lowest BCUT2D eigenvalue weighted by Gasteiger charge is -2.30. The Balaban J connectivity index is 2.26. The maximum absolute atomic E-state index is 12.2. The average molecular weight is 317 g/mol. The summed E-state index contributed by atoms with van der Waals surface area (Å²) in [4.78, 5) is 12.2. The van der Waals surface area contributed by atoms with Crippen molar-refractivity contribution in [3.8, 4) is 11.5 Å². The van der Waals surface area contributed by atoms with E-state index < -0.39 is 7.82 Å². The lowest BCUT2D eigenvalue weighted by molar-refractivity contribution is -0.208. The van der Waals surface area contributed by atoms with Crippen LogP contribution in [0.3, 0.4) is 0 Å². The van der Waals surface area contributed by atoms with Gasteiger partial charge in [0.05, 0.1) is 0 Å². The zero-order valence-corrected chi connectivity index (χ0v) is 14.0. The van der Waals surface area contributed by atoms with E-state index in [1.807, 2.05) is 52.0 Å². The van der Waals surface area contributed by atoms with Gasteiger partial charge >= 0.3 is 7.82 Å². The summed E-state index contributed by atoms with van der Waals surface area (Å²) in [6.45, 7) is 7.66. The number of phosphoric ester groups is 1. The van der Waals surface area contributed by atoms with E-state index in [0.717, 1.165) is 33.4 Å². The Kier molecular flexibility index (Phi) is 3.54. The zero-order chi connectivity index (χ0) is 16.1. The number of hydrogen-bond donors (Lipinski definition) is 0. The second-order valence-corrected chi connectivity index (χ2v) is 7.21. The van der Waals surface area contributed by atoms with Crippen LogP contribution in [0.5, 0.6) is 11.5 Å². The van der Waals surface area contributed by atoms with Crippen molar-refractivity contribution in [1.29, 1.82) is 0 Å². The molecule has 0 aromatic heterocycles. The topological polar surface area (TPSA) is 58.6 Å². The second kappa shape index (κ2) is 5.15. The molecule has 0 bridgehead atoms. The van der Waals surface area contributed by atoms with Crippen LogP contribution in [0.4, 0.5) is 0 Å². The predicted molar refractivity (Wildman–Crippen MR) is 83.5 cm³/mol. The smallest absolute Gasteiger partial charge is 0.372 e. The molecule has 0 unspecified atom stereocenters. The third kappa shape index (κ3) is 2.77. The average Bonchev–Trinajstić information content (AvgIpc) is 2.36. The molecule has 0 saturated heterocycles. The van der Waals surface area contributed by atoms with E-state index in [4.69, 9.17) is 9.05 Å². The van der Waals surface area contributed by atoms with Crippen LogP contribution in [-0.4, -0.2) is 0 Å². The number of benzene rings is 2. The van der Waals surface area contributed by atoms with Gasteiger partial charge in [-0.3, -0.25) is 0 Å². The lowest BCUT2D eigenvalue weighted by atomic mass is 9.96. The molecule has 5 heteroatoms. The van der Waals surface area contributed by atoms with Crippen molar-refractivity contribution >= 4 is 7.82 Å². The Morgan fingerprint density at radius 3 is 1.68 bits per heavy atom. The van der Waals surface area contributed by atoms with Gasteiger partial charge in [-0.2, -0.15) is 0 Å². The maximum atomic E-state index is 12.2. The minimum atomic E-state index is -4.46. The molecule has 1 aliphatic rings. The van der Waals surface area contributed by atoms with Gasteiger partial charge in [0.2, 0.25) is 0 Å². The standard InChI is InChI=1S/C17H19O4P/c1-10-5-12(3)16-14(7-10)9-15-8-11(2)6-13(4)17(15)21-22(18,19)20-16/h5-8H,9H2,1-4H3,(H,18,19)/p-1. The maximum Gasteiger partial charge on any atom is 0.372 e. The highest BCUT2D eigenvalue weighted by Gasteiger charge is 2.24. The first-order valence-electron chi connectivity index (χ1n) is 7.16. The number of hydrogen-bond acceptors (Lipinski definition) is 4. The second-order valence-electron chi connectivity index (χ2n) is 5.95. The number of aryl methyl sites for hydroxylation is 4. The van der Waals surface area contributed by atoms with E-state index in [-0.39, 0.29) is 0 Å². The third-order valence-corrected chi connectivity index (χ3v) is 4.59. The van der Waals surface area contributed by atoms with E-state index in [1.165, 1.54) is 0 Å². The van der Waals surface area contributed by atoms with Crippen molar-refractivity contribution in [2.45, 2.75) is 34.1 Å². The first-order chi connectivity index (χ1) is 10.2. The Morgan fingerprint density at radius 2 is 1.27 bits per heavy atom.